The van der Waals surface area contributed by atoms with Gasteiger partial charge in [0.05, 0.1) is 15.6 Å². The number of carbonyl (C=O) groups is 2. The maximum Gasteiger partial charge on any atom is 0.311 e. The molecule has 28 heavy (non-hydrogen) atoms. The minimum Gasteiger partial charge on any atom is -0.502 e. The highest BCUT2D eigenvalue weighted by atomic mass is 35.5. The summed E-state index contributed by atoms with van der Waals surface area (Å²) in [7, 11) is 0. The molecule has 8 nitrogen and oxygen atoms in total. The van der Waals surface area contributed by atoms with Gasteiger partial charge >= 0.3 is 5.69 Å². The van der Waals surface area contributed by atoms with E-state index >= 15 is 0 Å². The molecule has 0 aliphatic carbocycles. The summed E-state index contributed by atoms with van der Waals surface area (Å²) in [5.74, 6) is -2.08. The molecule has 2 aromatic rings. The SMILES string of the molecule is O=C1NC(=S)N(c2ccc(Cl)cc2Cl)C(=O)C1=Cc1ccc(O)c([N+](=O)[O-])c1. The first-order chi connectivity index (χ1) is 13.2. The summed E-state index contributed by atoms with van der Waals surface area (Å²) in [4.78, 5) is 36.4. The van der Waals surface area contributed by atoms with E-state index in [-0.39, 0.29) is 27.0 Å². The molecule has 2 amide bonds. The number of phenolic OH excluding ortho intramolecular Hbond substituents is 1. The maximum atomic E-state index is 12.9. The highest BCUT2D eigenvalue weighted by molar-refractivity contribution is 7.80. The summed E-state index contributed by atoms with van der Waals surface area (Å²) in [6.45, 7) is 0. The number of thiocarbonyl (C=S) groups is 1. The molecule has 11 heteroatoms. The van der Waals surface area contributed by atoms with Gasteiger partial charge in [-0.15, -0.1) is 0 Å². The minimum absolute atomic E-state index is 0.138. The Hall–Kier alpha value is -3.01. The highest BCUT2D eigenvalue weighted by Crippen LogP contribution is 2.32. The number of nitro groups is 1. The van der Waals surface area contributed by atoms with Crippen molar-refractivity contribution in [3.05, 3.63) is 67.7 Å². The van der Waals surface area contributed by atoms with Crippen molar-refractivity contribution < 1.29 is 19.6 Å². The zero-order valence-electron chi connectivity index (χ0n) is 13.7. The Balaban J connectivity index is 2.06. The molecule has 1 fully saturated rings. The molecular formula is C17H9Cl2N3O5S. The predicted octanol–water partition coefficient (Wildman–Crippen LogP) is 3.44. The molecule has 3 rings (SSSR count). The summed E-state index contributed by atoms with van der Waals surface area (Å²) < 4.78 is 0. The lowest BCUT2D eigenvalue weighted by Crippen LogP contribution is -2.54. The predicted molar refractivity (Wildman–Crippen MR) is 107 cm³/mol. The van der Waals surface area contributed by atoms with E-state index in [0.29, 0.717) is 5.02 Å². The van der Waals surface area contributed by atoms with Crippen LogP contribution in [0.4, 0.5) is 11.4 Å². The van der Waals surface area contributed by atoms with Gasteiger partial charge in [-0.1, -0.05) is 29.3 Å². The van der Waals surface area contributed by atoms with E-state index in [2.05, 4.69) is 5.32 Å². The summed E-state index contributed by atoms with van der Waals surface area (Å²) in [5, 5.41) is 23.2. The number of hydrogen-bond donors (Lipinski definition) is 2. The quantitative estimate of drug-likeness (QED) is 0.250. The van der Waals surface area contributed by atoms with Gasteiger partial charge in [0.2, 0.25) is 0 Å². The van der Waals surface area contributed by atoms with Crippen LogP contribution >= 0.6 is 35.4 Å². The largest absolute Gasteiger partial charge is 0.502 e. The monoisotopic (exact) mass is 437 g/mol. The molecule has 2 N–H and O–H groups in total. The number of rotatable bonds is 3. The Morgan fingerprint density at radius 2 is 1.89 bits per heavy atom. The van der Waals surface area contributed by atoms with E-state index in [1.165, 1.54) is 24.3 Å². The average Bonchev–Trinajstić information content (AvgIpc) is 2.61. The number of nitro benzene ring substituents is 1. The summed E-state index contributed by atoms with van der Waals surface area (Å²) in [5.41, 5.74) is -0.507. The van der Waals surface area contributed by atoms with Crippen LogP contribution in [0.2, 0.25) is 10.0 Å². The van der Waals surface area contributed by atoms with Gasteiger partial charge < -0.3 is 5.11 Å². The normalized spacial score (nSPS) is 15.7. The number of aromatic hydroxyl groups is 1. The third kappa shape index (κ3) is 3.68. The standard InChI is InChI=1S/C17H9Cl2N3O5S/c18-9-2-3-12(11(19)7-9)21-16(25)10(15(24)20-17(21)28)5-8-1-4-14(23)13(6-8)22(26)27/h1-7,23H,(H,20,24,28). The molecule has 1 aliphatic rings. The van der Waals surface area contributed by atoms with Crippen LogP contribution in [-0.4, -0.2) is 27.0 Å². The first-order valence-electron chi connectivity index (χ1n) is 7.53. The molecule has 0 unspecified atom stereocenters. The number of nitrogens with zero attached hydrogens (tertiary/aromatic N) is 2. The lowest BCUT2D eigenvalue weighted by atomic mass is 10.1. The summed E-state index contributed by atoms with van der Waals surface area (Å²) in [6, 6.07) is 7.83. The van der Waals surface area contributed by atoms with Crippen LogP contribution in [0.1, 0.15) is 5.56 Å². The number of amides is 2. The number of anilines is 1. The van der Waals surface area contributed by atoms with Crippen molar-refractivity contribution in [2.45, 2.75) is 0 Å². The Bertz CT molecular complexity index is 1090. The third-order valence-corrected chi connectivity index (χ3v) is 4.58. The molecular weight excluding hydrogens is 429 g/mol. The number of nitrogens with one attached hydrogen (secondary N) is 1. The van der Waals surface area contributed by atoms with Gasteiger partial charge in [-0.3, -0.25) is 29.9 Å². The topological polar surface area (TPSA) is 113 Å². The van der Waals surface area contributed by atoms with Crippen LogP contribution in [0.5, 0.6) is 5.75 Å². The molecule has 2 aromatic carbocycles. The molecule has 0 spiro atoms. The fourth-order valence-electron chi connectivity index (χ4n) is 2.48. The first kappa shape index (κ1) is 19.7. The molecule has 0 aromatic heterocycles. The van der Waals surface area contributed by atoms with Crippen molar-refractivity contribution in [2.24, 2.45) is 0 Å². The average molecular weight is 438 g/mol. The highest BCUT2D eigenvalue weighted by Gasteiger charge is 2.35. The zero-order valence-corrected chi connectivity index (χ0v) is 16.0. The van der Waals surface area contributed by atoms with Gasteiger partial charge in [-0.25, -0.2) is 0 Å². The second-order valence-corrected chi connectivity index (χ2v) is 6.79. The van der Waals surface area contributed by atoms with Crippen LogP contribution in [0.25, 0.3) is 6.08 Å². The Morgan fingerprint density at radius 1 is 1.18 bits per heavy atom. The third-order valence-electron chi connectivity index (χ3n) is 3.76. The molecule has 0 bridgehead atoms. The van der Waals surface area contributed by atoms with E-state index in [4.69, 9.17) is 35.4 Å². The van der Waals surface area contributed by atoms with Gasteiger partial charge in [0.25, 0.3) is 11.8 Å². The smallest absolute Gasteiger partial charge is 0.311 e. The first-order valence-corrected chi connectivity index (χ1v) is 8.69. The number of hydrogen-bond acceptors (Lipinski definition) is 6. The van der Waals surface area contributed by atoms with Crippen LogP contribution in [-0.2, 0) is 9.59 Å². The second kappa shape index (κ2) is 7.55. The van der Waals surface area contributed by atoms with E-state index in [0.717, 1.165) is 23.1 Å². The molecule has 1 heterocycles. The van der Waals surface area contributed by atoms with Gasteiger partial charge in [-0.05, 0) is 48.1 Å². The van der Waals surface area contributed by atoms with Crippen molar-refractivity contribution in [3.8, 4) is 5.75 Å². The molecule has 142 valence electrons. The Kier molecular flexibility index (Phi) is 5.32. The molecule has 0 saturated carbocycles. The van der Waals surface area contributed by atoms with Gasteiger partial charge in [0, 0.05) is 11.1 Å². The van der Waals surface area contributed by atoms with Gasteiger partial charge in [0.15, 0.2) is 10.9 Å². The molecule has 0 radical (unpaired) electrons. The van der Waals surface area contributed by atoms with Crippen molar-refractivity contribution in [2.75, 3.05) is 4.90 Å². The van der Waals surface area contributed by atoms with Crippen molar-refractivity contribution >= 4 is 69.8 Å². The number of phenols is 1. The number of benzene rings is 2. The Morgan fingerprint density at radius 3 is 2.54 bits per heavy atom. The van der Waals surface area contributed by atoms with E-state index < -0.39 is 28.2 Å². The minimum atomic E-state index is -0.783. The lowest BCUT2D eigenvalue weighted by molar-refractivity contribution is -0.385. The molecule has 0 atom stereocenters. The van der Waals surface area contributed by atoms with Gasteiger partial charge in [-0.2, -0.15) is 0 Å². The summed E-state index contributed by atoms with van der Waals surface area (Å²) in [6.07, 6.45) is 1.16. The fraction of sp³-hybridized carbons (Fsp3) is 0. The summed E-state index contributed by atoms with van der Waals surface area (Å²) >= 11 is 17.1. The van der Waals surface area contributed by atoms with Crippen LogP contribution < -0.4 is 10.2 Å². The fourth-order valence-corrected chi connectivity index (χ4v) is 3.25. The van der Waals surface area contributed by atoms with E-state index in [9.17, 15) is 24.8 Å². The maximum absolute atomic E-state index is 12.9. The van der Waals surface area contributed by atoms with Crippen molar-refractivity contribution in [1.82, 2.24) is 5.32 Å². The number of carbonyl (C=O) groups excluding carboxylic acids is 2. The van der Waals surface area contributed by atoms with Crippen LogP contribution in [0.15, 0.2) is 42.0 Å². The van der Waals surface area contributed by atoms with Crippen molar-refractivity contribution in [1.29, 1.82) is 0 Å². The lowest BCUT2D eigenvalue weighted by Gasteiger charge is -2.29. The number of halogens is 2. The van der Waals surface area contributed by atoms with E-state index in [1.807, 2.05) is 0 Å². The van der Waals surface area contributed by atoms with Gasteiger partial charge in [0.1, 0.15) is 5.57 Å². The van der Waals surface area contributed by atoms with Crippen molar-refractivity contribution in [3.63, 3.8) is 0 Å². The molecule has 1 aliphatic heterocycles. The second-order valence-electron chi connectivity index (χ2n) is 5.56. The Labute approximate surface area is 173 Å². The zero-order chi connectivity index (χ0) is 20.6. The van der Waals surface area contributed by atoms with Crippen LogP contribution in [0.3, 0.4) is 0 Å². The van der Waals surface area contributed by atoms with E-state index in [1.54, 1.807) is 0 Å². The van der Waals surface area contributed by atoms with Crippen LogP contribution in [0, 0.1) is 10.1 Å². The molecule has 1 saturated heterocycles.